The molecule has 284 valence electrons. The number of aromatic nitrogens is 4. The maximum atomic E-state index is 6.57. The van der Waals surface area contributed by atoms with E-state index in [0.29, 0.717) is 5.95 Å². The lowest BCUT2D eigenvalue weighted by atomic mass is 9.96. The quantitative estimate of drug-likeness (QED) is 0.175. The standard InChI is InChI=1S/C56H34N4O/c1-3-14-35(15-4-1)55-44-29-26-38(34-47(44)57-56(58-55)60-49-23-11-7-18-41(49)42-19-8-12-24-50(42)60)40-21-13-25-53-54(40)46-33-37(28-31-52(46)61-53)36-27-30-51-45(32-36)43-20-9-10-22-48(43)59(51)39-16-5-2-6-17-39/h1-34H. The molecule has 0 spiro atoms. The SMILES string of the molecule is c1ccc(-c2nc(-n3c4ccccc4c4ccccc43)nc3cc(-c4cccc5oc6ccc(-c7ccc8c(c7)c7ccccc7n8-c7ccccc7)cc6c45)ccc23)cc1. The molecule has 9 aromatic carbocycles. The molecule has 0 fully saturated rings. The number of hydrogen-bond donors (Lipinski definition) is 0. The number of benzene rings is 9. The van der Waals surface area contributed by atoms with Crippen LogP contribution >= 0.6 is 0 Å². The molecule has 61 heavy (non-hydrogen) atoms. The minimum atomic E-state index is 0.640. The Balaban J connectivity index is 0.995. The molecule has 5 nitrogen and oxygen atoms in total. The Morgan fingerprint density at radius 1 is 0.344 bits per heavy atom. The topological polar surface area (TPSA) is 48.8 Å². The molecule has 0 saturated carbocycles. The maximum absolute atomic E-state index is 6.57. The van der Waals surface area contributed by atoms with Crippen molar-refractivity contribution in [2.45, 2.75) is 0 Å². The summed E-state index contributed by atoms with van der Waals surface area (Å²) in [5.74, 6) is 0.640. The average Bonchev–Trinajstić information content (AvgIpc) is 3.99. The first kappa shape index (κ1) is 33.7. The van der Waals surface area contributed by atoms with E-state index in [0.717, 1.165) is 83.1 Å². The summed E-state index contributed by atoms with van der Waals surface area (Å²) in [5.41, 5.74) is 14.7. The maximum Gasteiger partial charge on any atom is 0.235 e. The molecule has 0 bridgehead atoms. The summed E-state index contributed by atoms with van der Waals surface area (Å²) >= 11 is 0. The van der Waals surface area contributed by atoms with E-state index in [4.69, 9.17) is 14.4 Å². The van der Waals surface area contributed by atoms with E-state index >= 15 is 0 Å². The van der Waals surface area contributed by atoms with Crippen molar-refractivity contribution in [2.24, 2.45) is 0 Å². The predicted octanol–water partition coefficient (Wildman–Crippen LogP) is 14.7. The van der Waals surface area contributed by atoms with Gasteiger partial charge in [-0.25, -0.2) is 9.97 Å². The highest BCUT2D eigenvalue weighted by molar-refractivity contribution is 6.15. The zero-order valence-electron chi connectivity index (χ0n) is 32.8. The molecule has 0 saturated heterocycles. The van der Waals surface area contributed by atoms with E-state index in [2.05, 4.69) is 209 Å². The molecular weight excluding hydrogens is 745 g/mol. The van der Waals surface area contributed by atoms with Crippen LogP contribution in [0, 0.1) is 0 Å². The van der Waals surface area contributed by atoms with Crippen molar-refractivity contribution in [3.8, 4) is 45.1 Å². The summed E-state index contributed by atoms with van der Waals surface area (Å²) in [4.78, 5) is 10.7. The highest BCUT2D eigenvalue weighted by Gasteiger charge is 2.20. The number of fused-ring (bicyclic) bond motifs is 10. The molecule has 4 heterocycles. The summed E-state index contributed by atoms with van der Waals surface area (Å²) in [6.45, 7) is 0. The van der Waals surface area contributed by atoms with E-state index in [9.17, 15) is 0 Å². The summed E-state index contributed by atoms with van der Waals surface area (Å²) in [5, 5.41) is 7.96. The van der Waals surface area contributed by atoms with Crippen LogP contribution < -0.4 is 0 Å². The van der Waals surface area contributed by atoms with Crippen molar-refractivity contribution in [1.29, 1.82) is 0 Å². The fourth-order valence-electron chi connectivity index (χ4n) is 9.59. The number of nitrogens with zero attached hydrogens (tertiary/aromatic N) is 4. The van der Waals surface area contributed by atoms with Crippen LogP contribution in [0.3, 0.4) is 0 Å². The van der Waals surface area contributed by atoms with Crippen LogP contribution in [-0.2, 0) is 0 Å². The first-order chi connectivity index (χ1) is 30.2. The Hall–Kier alpha value is -8.28. The van der Waals surface area contributed by atoms with E-state index < -0.39 is 0 Å². The normalized spacial score (nSPS) is 11.9. The first-order valence-corrected chi connectivity index (χ1v) is 20.7. The Morgan fingerprint density at radius 3 is 1.67 bits per heavy atom. The minimum Gasteiger partial charge on any atom is -0.456 e. The lowest BCUT2D eigenvalue weighted by Crippen LogP contribution is -2.03. The number of furan rings is 1. The van der Waals surface area contributed by atoms with Gasteiger partial charge in [0.1, 0.15) is 11.2 Å². The molecule has 13 aromatic rings. The summed E-state index contributed by atoms with van der Waals surface area (Å²) in [6.07, 6.45) is 0. The summed E-state index contributed by atoms with van der Waals surface area (Å²) in [7, 11) is 0. The van der Waals surface area contributed by atoms with Crippen LogP contribution in [0.15, 0.2) is 211 Å². The van der Waals surface area contributed by atoms with Gasteiger partial charge in [0.15, 0.2) is 0 Å². The third kappa shape index (κ3) is 5.14. The zero-order chi connectivity index (χ0) is 40.0. The Morgan fingerprint density at radius 2 is 0.934 bits per heavy atom. The molecule has 5 heteroatoms. The third-order valence-electron chi connectivity index (χ3n) is 12.3. The Kier molecular flexibility index (Phi) is 7.24. The molecule has 0 aliphatic carbocycles. The first-order valence-electron chi connectivity index (χ1n) is 20.7. The second-order valence-electron chi connectivity index (χ2n) is 15.8. The highest BCUT2D eigenvalue weighted by atomic mass is 16.3. The van der Waals surface area contributed by atoms with Crippen molar-refractivity contribution in [1.82, 2.24) is 19.1 Å². The monoisotopic (exact) mass is 778 g/mol. The van der Waals surface area contributed by atoms with Gasteiger partial charge in [0, 0.05) is 49.0 Å². The van der Waals surface area contributed by atoms with Crippen molar-refractivity contribution in [2.75, 3.05) is 0 Å². The Bertz CT molecular complexity index is 3820. The third-order valence-corrected chi connectivity index (χ3v) is 12.3. The van der Waals surface area contributed by atoms with E-state index in [1.165, 1.54) is 32.6 Å². The molecule has 0 atom stereocenters. The van der Waals surface area contributed by atoms with Crippen LogP contribution in [-0.4, -0.2) is 19.1 Å². The van der Waals surface area contributed by atoms with Crippen LogP contribution in [0.5, 0.6) is 0 Å². The molecule has 0 N–H and O–H groups in total. The zero-order valence-corrected chi connectivity index (χ0v) is 32.8. The van der Waals surface area contributed by atoms with Crippen LogP contribution in [0.2, 0.25) is 0 Å². The van der Waals surface area contributed by atoms with Gasteiger partial charge in [0.2, 0.25) is 5.95 Å². The van der Waals surface area contributed by atoms with Crippen LogP contribution in [0.4, 0.5) is 0 Å². The van der Waals surface area contributed by atoms with Gasteiger partial charge in [0.05, 0.1) is 33.3 Å². The average molecular weight is 779 g/mol. The van der Waals surface area contributed by atoms with Crippen molar-refractivity contribution in [3.63, 3.8) is 0 Å². The predicted molar refractivity (Wildman–Crippen MR) is 252 cm³/mol. The summed E-state index contributed by atoms with van der Waals surface area (Å²) in [6, 6.07) is 73.1. The summed E-state index contributed by atoms with van der Waals surface area (Å²) < 4.78 is 11.1. The highest BCUT2D eigenvalue weighted by Crippen LogP contribution is 2.42. The molecular formula is C56H34N4O. The van der Waals surface area contributed by atoms with Gasteiger partial charge in [-0.15, -0.1) is 0 Å². The van der Waals surface area contributed by atoms with Gasteiger partial charge in [-0.05, 0) is 95.1 Å². The molecule has 0 unspecified atom stereocenters. The van der Waals surface area contributed by atoms with Gasteiger partial charge in [-0.2, -0.15) is 0 Å². The van der Waals surface area contributed by atoms with Crippen LogP contribution in [0.1, 0.15) is 0 Å². The van der Waals surface area contributed by atoms with Crippen molar-refractivity contribution >= 4 is 76.5 Å². The molecule has 4 aromatic heterocycles. The van der Waals surface area contributed by atoms with E-state index in [1.54, 1.807) is 0 Å². The number of rotatable bonds is 5. The second kappa shape index (κ2) is 13.1. The van der Waals surface area contributed by atoms with Gasteiger partial charge >= 0.3 is 0 Å². The molecule has 0 aliphatic rings. The molecule has 13 rings (SSSR count). The lowest BCUT2D eigenvalue weighted by Gasteiger charge is -2.13. The molecule has 0 aliphatic heterocycles. The Labute approximate surface area is 350 Å². The number of para-hydroxylation sites is 4. The van der Waals surface area contributed by atoms with Crippen LogP contribution in [0.25, 0.3) is 122 Å². The fraction of sp³-hybridized carbons (Fsp3) is 0. The van der Waals surface area contributed by atoms with Gasteiger partial charge in [-0.1, -0.05) is 133 Å². The smallest absolute Gasteiger partial charge is 0.235 e. The van der Waals surface area contributed by atoms with E-state index in [1.807, 2.05) is 6.07 Å². The van der Waals surface area contributed by atoms with E-state index in [-0.39, 0.29) is 0 Å². The van der Waals surface area contributed by atoms with Crippen molar-refractivity contribution < 1.29 is 4.42 Å². The minimum absolute atomic E-state index is 0.640. The fourth-order valence-corrected chi connectivity index (χ4v) is 9.59. The largest absolute Gasteiger partial charge is 0.456 e. The second-order valence-corrected chi connectivity index (χ2v) is 15.8. The lowest BCUT2D eigenvalue weighted by molar-refractivity contribution is 0.669. The van der Waals surface area contributed by atoms with Crippen molar-refractivity contribution in [3.05, 3.63) is 206 Å². The van der Waals surface area contributed by atoms with Gasteiger partial charge < -0.3 is 8.98 Å². The molecule has 0 radical (unpaired) electrons. The number of hydrogen-bond acceptors (Lipinski definition) is 3. The van der Waals surface area contributed by atoms with Gasteiger partial charge in [-0.3, -0.25) is 4.57 Å². The molecule has 0 amide bonds. The van der Waals surface area contributed by atoms with Gasteiger partial charge in [0.25, 0.3) is 0 Å².